The topological polar surface area (TPSA) is 0 Å². The zero-order chi connectivity index (χ0) is 9.26. The fraction of sp³-hybridized carbons (Fsp3) is 0. The van der Waals surface area contributed by atoms with Crippen LogP contribution < -0.4 is 0 Å². The van der Waals surface area contributed by atoms with Crippen LogP contribution in [0.2, 0.25) is 0 Å². The van der Waals surface area contributed by atoms with E-state index in [-0.39, 0.29) is 0 Å². The maximum absolute atomic E-state index is 13.2. The SMILES string of the molecule is Fc1ccc(-c2ccsc2)c(F)c1. The van der Waals surface area contributed by atoms with Gasteiger partial charge in [-0.25, -0.2) is 8.78 Å². The fourth-order valence-corrected chi connectivity index (χ4v) is 1.80. The van der Waals surface area contributed by atoms with Gasteiger partial charge in [0.1, 0.15) is 11.6 Å². The monoisotopic (exact) mass is 196 g/mol. The molecule has 0 aliphatic carbocycles. The number of thiophene rings is 1. The highest BCUT2D eigenvalue weighted by molar-refractivity contribution is 7.08. The van der Waals surface area contributed by atoms with Crippen LogP contribution in [0.5, 0.6) is 0 Å². The molecule has 0 amide bonds. The molecule has 0 aliphatic heterocycles. The van der Waals surface area contributed by atoms with Crippen LogP contribution in [0.25, 0.3) is 11.1 Å². The van der Waals surface area contributed by atoms with E-state index < -0.39 is 11.6 Å². The minimum atomic E-state index is -0.545. The first-order valence-electron chi connectivity index (χ1n) is 3.75. The minimum absolute atomic E-state index is 0.447. The Balaban J connectivity index is 2.53. The van der Waals surface area contributed by atoms with E-state index in [9.17, 15) is 8.78 Å². The largest absolute Gasteiger partial charge is 0.207 e. The molecule has 0 saturated carbocycles. The Kier molecular flexibility index (Phi) is 2.10. The van der Waals surface area contributed by atoms with Gasteiger partial charge in [0.2, 0.25) is 0 Å². The summed E-state index contributed by atoms with van der Waals surface area (Å²) in [5.41, 5.74) is 1.24. The molecule has 1 heterocycles. The van der Waals surface area contributed by atoms with Crippen molar-refractivity contribution in [1.82, 2.24) is 0 Å². The van der Waals surface area contributed by atoms with Crippen molar-refractivity contribution in [2.45, 2.75) is 0 Å². The van der Waals surface area contributed by atoms with Crippen molar-refractivity contribution < 1.29 is 8.78 Å². The van der Waals surface area contributed by atoms with Crippen LogP contribution in [0, 0.1) is 11.6 Å². The number of rotatable bonds is 1. The zero-order valence-electron chi connectivity index (χ0n) is 6.63. The Labute approximate surface area is 78.5 Å². The number of benzene rings is 1. The van der Waals surface area contributed by atoms with Gasteiger partial charge in [0.05, 0.1) is 0 Å². The van der Waals surface area contributed by atoms with Gasteiger partial charge in [-0.2, -0.15) is 11.3 Å². The van der Waals surface area contributed by atoms with Crippen molar-refractivity contribution in [2.24, 2.45) is 0 Å². The maximum Gasteiger partial charge on any atom is 0.133 e. The summed E-state index contributed by atoms with van der Waals surface area (Å²) in [5, 5.41) is 3.69. The van der Waals surface area contributed by atoms with Crippen molar-refractivity contribution in [1.29, 1.82) is 0 Å². The van der Waals surface area contributed by atoms with Crippen molar-refractivity contribution in [2.75, 3.05) is 0 Å². The van der Waals surface area contributed by atoms with Gasteiger partial charge >= 0.3 is 0 Å². The minimum Gasteiger partial charge on any atom is -0.207 e. The molecule has 1 aromatic heterocycles. The predicted octanol–water partition coefficient (Wildman–Crippen LogP) is 3.69. The summed E-state index contributed by atoms with van der Waals surface area (Å²) < 4.78 is 25.7. The summed E-state index contributed by atoms with van der Waals surface area (Å²) >= 11 is 1.49. The van der Waals surface area contributed by atoms with Crippen LogP contribution in [0.4, 0.5) is 8.78 Å². The molecule has 0 fully saturated rings. The lowest BCUT2D eigenvalue weighted by molar-refractivity contribution is 0.585. The molecule has 0 aliphatic rings. The molecule has 66 valence electrons. The third-order valence-electron chi connectivity index (χ3n) is 1.76. The normalized spacial score (nSPS) is 10.3. The first-order valence-corrected chi connectivity index (χ1v) is 4.69. The molecular formula is C10H6F2S. The molecule has 0 unspecified atom stereocenters. The van der Waals surface area contributed by atoms with Gasteiger partial charge in [0.25, 0.3) is 0 Å². The van der Waals surface area contributed by atoms with Crippen molar-refractivity contribution in [3.8, 4) is 11.1 Å². The van der Waals surface area contributed by atoms with Gasteiger partial charge < -0.3 is 0 Å². The van der Waals surface area contributed by atoms with Crippen LogP contribution in [-0.2, 0) is 0 Å². The Morgan fingerprint density at radius 2 is 1.92 bits per heavy atom. The Bertz CT molecular complexity index is 407. The molecule has 0 saturated heterocycles. The van der Waals surface area contributed by atoms with E-state index in [0.717, 1.165) is 11.6 Å². The van der Waals surface area contributed by atoms with E-state index in [2.05, 4.69) is 0 Å². The Morgan fingerprint density at radius 1 is 1.08 bits per heavy atom. The van der Waals surface area contributed by atoms with Crippen LogP contribution in [0.15, 0.2) is 35.0 Å². The van der Waals surface area contributed by atoms with E-state index >= 15 is 0 Å². The van der Waals surface area contributed by atoms with Crippen LogP contribution >= 0.6 is 11.3 Å². The lowest BCUT2D eigenvalue weighted by Gasteiger charge is -1.99. The second kappa shape index (κ2) is 3.26. The lowest BCUT2D eigenvalue weighted by Crippen LogP contribution is -1.83. The van der Waals surface area contributed by atoms with Gasteiger partial charge in [-0.05, 0) is 34.5 Å². The summed E-state index contributed by atoms with van der Waals surface area (Å²) in [6.07, 6.45) is 0. The molecule has 0 bridgehead atoms. The average molecular weight is 196 g/mol. The van der Waals surface area contributed by atoms with Gasteiger partial charge in [0, 0.05) is 11.6 Å². The summed E-state index contributed by atoms with van der Waals surface area (Å²) in [7, 11) is 0. The average Bonchev–Trinajstić information content (AvgIpc) is 2.56. The highest BCUT2D eigenvalue weighted by Crippen LogP contribution is 2.25. The molecule has 1 aromatic carbocycles. The predicted molar refractivity (Wildman–Crippen MR) is 49.7 cm³/mol. The van der Waals surface area contributed by atoms with E-state index in [1.165, 1.54) is 23.5 Å². The smallest absolute Gasteiger partial charge is 0.133 e. The van der Waals surface area contributed by atoms with E-state index in [1.54, 1.807) is 6.07 Å². The number of hydrogen-bond acceptors (Lipinski definition) is 1. The fourth-order valence-electron chi connectivity index (χ4n) is 1.14. The molecule has 0 spiro atoms. The lowest BCUT2D eigenvalue weighted by atomic mass is 10.1. The summed E-state index contributed by atoms with van der Waals surface area (Å²) in [6.45, 7) is 0. The first-order chi connectivity index (χ1) is 6.27. The summed E-state index contributed by atoms with van der Waals surface area (Å²) in [4.78, 5) is 0. The van der Waals surface area contributed by atoms with Crippen LogP contribution in [-0.4, -0.2) is 0 Å². The van der Waals surface area contributed by atoms with Gasteiger partial charge in [0.15, 0.2) is 0 Å². The Hall–Kier alpha value is -1.22. The van der Waals surface area contributed by atoms with E-state index in [1.807, 2.05) is 10.8 Å². The van der Waals surface area contributed by atoms with Crippen LogP contribution in [0.1, 0.15) is 0 Å². The molecule has 13 heavy (non-hydrogen) atoms. The van der Waals surface area contributed by atoms with Crippen LogP contribution in [0.3, 0.4) is 0 Å². The first kappa shape index (κ1) is 8.38. The molecule has 3 heteroatoms. The summed E-state index contributed by atoms with van der Waals surface area (Å²) in [5.74, 6) is -1.06. The van der Waals surface area contributed by atoms with E-state index in [4.69, 9.17) is 0 Å². The number of hydrogen-bond donors (Lipinski definition) is 0. The second-order valence-corrected chi connectivity index (χ2v) is 3.42. The van der Waals surface area contributed by atoms with Crippen molar-refractivity contribution >= 4 is 11.3 Å². The van der Waals surface area contributed by atoms with Gasteiger partial charge in [-0.15, -0.1) is 0 Å². The Morgan fingerprint density at radius 3 is 2.54 bits per heavy atom. The molecule has 0 atom stereocenters. The highest BCUT2D eigenvalue weighted by Gasteiger charge is 2.05. The number of halogens is 2. The zero-order valence-corrected chi connectivity index (χ0v) is 7.44. The van der Waals surface area contributed by atoms with E-state index in [0.29, 0.717) is 5.56 Å². The molecule has 0 radical (unpaired) electrons. The molecule has 0 N–H and O–H groups in total. The highest BCUT2D eigenvalue weighted by atomic mass is 32.1. The standard InChI is InChI=1S/C10H6F2S/c11-8-1-2-9(10(12)5-8)7-3-4-13-6-7/h1-6H. The third-order valence-corrected chi connectivity index (χ3v) is 2.45. The molecular weight excluding hydrogens is 190 g/mol. The van der Waals surface area contributed by atoms with Gasteiger partial charge in [-0.1, -0.05) is 0 Å². The maximum atomic E-state index is 13.2. The molecule has 2 aromatic rings. The van der Waals surface area contributed by atoms with Crippen molar-refractivity contribution in [3.05, 3.63) is 46.7 Å². The van der Waals surface area contributed by atoms with Crippen molar-refractivity contribution in [3.63, 3.8) is 0 Å². The second-order valence-electron chi connectivity index (χ2n) is 2.64. The molecule has 2 rings (SSSR count). The summed E-state index contributed by atoms with van der Waals surface area (Å²) in [6, 6.07) is 5.41. The molecule has 0 nitrogen and oxygen atoms in total. The third kappa shape index (κ3) is 1.60. The van der Waals surface area contributed by atoms with Gasteiger partial charge in [-0.3, -0.25) is 0 Å². The quantitative estimate of drug-likeness (QED) is 0.652.